The van der Waals surface area contributed by atoms with Crippen LogP contribution in [-0.4, -0.2) is 57.5 Å². The summed E-state index contributed by atoms with van der Waals surface area (Å²) < 4.78 is 2.35. The van der Waals surface area contributed by atoms with Crippen molar-refractivity contribution in [1.82, 2.24) is 19.7 Å². The summed E-state index contributed by atoms with van der Waals surface area (Å²) in [4.78, 5) is 18.6. The van der Waals surface area contributed by atoms with Gasteiger partial charge in [0.25, 0.3) is 0 Å². The number of hydrogen-bond acceptors (Lipinski definition) is 6. The highest BCUT2D eigenvalue weighted by Gasteiger charge is 2.43. The van der Waals surface area contributed by atoms with Gasteiger partial charge < -0.3 is 9.80 Å². The van der Waals surface area contributed by atoms with E-state index in [0.717, 1.165) is 53.9 Å². The molecule has 2 bridgehead atoms. The number of carbonyl (C=O) groups excluding carboxylic acids is 1. The van der Waals surface area contributed by atoms with Gasteiger partial charge >= 0.3 is 0 Å². The van der Waals surface area contributed by atoms with E-state index in [1.54, 1.807) is 23.1 Å². The second-order valence-corrected chi connectivity index (χ2v) is 12.1. The Morgan fingerprint density at radius 1 is 1.06 bits per heavy atom. The molecule has 2 aromatic heterocycles. The van der Waals surface area contributed by atoms with E-state index in [0.29, 0.717) is 17.7 Å². The summed E-state index contributed by atoms with van der Waals surface area (Å²) in [6, 6.07) is 15.0. The van der Waals surface area contributed by atoms with Crippen LogP contribution >= 0.6 is 23.1 Å². The van der Waals surface area contributed by atoms with Crippen LogP contribution in [0.5, 0.6) is 0 Å². The third kappa shape index (κ3) is 4.62. The van der Waals surface area contributed by atoms with E-state index < -0.39 is 0 Å². The third-order valence-corrected chi connectivity index (χ3v) is 10.1. The van der Waals surface area contributed by atoms with E-state index in [1.165, 1.54) is 31.4 Å². The first kappa shape index (κ1) is 23.1. The molecule has 6 rings (SSSR count). The highest BCUT2D eigenvalue weighted by molar-refractivity contribution is 7.99. The van der Waals surface area contributed by atoms with Crippen molar-refractivity contribution in [3.63, 3.8) is 0 Å². The van der Waals surface area contributed by atoms with E-state index in [-0.39, 0.29) is 5.91 Å². The molecular formula is C27H33N5OS2. The van der Waals surface area contributed by atoms with Gasteiger partial charge in [-0.05, 0) is 67.5 Å². The molecule has 3 heterocycles. The number of carbonyl (C=O) groups is 1. The summed E-state index contributed by atoms with van der Waals surface area (Å²) in [5, 5.41) is 12.2. The number of fused-ring (bicyclic) bond motifs is 2. The SMILES string of the molecule is C[C@@H]([C@@H]1C[C@@H]2CC[C@@H]1C2)n1c(SCC(=O)N2CCN(c3ccccc3)CC2)nnc1-c1cccs1. The van der Waals surface area contributed by atoms with Crippen molar-refractivity contribution in [1.29, 1.82) is 0 Å². The van der Waals surface area contributed by atoms with Crippen LogP contribution in [-0.2, 0) is 4.79 Å². The van der Waals surface area contributed by atoms with Gasteiger partial charge in [-0.25, -0.2) is 0 Å². The molecule has 1 aliphatic heterocycles. The minimum Gasteiger partial charge on any atom is -0.368 e. The molecule has 4 atom stereocenters. The first-order valence-corrected chi connectivity index (χ1v) is 14.7. The summed E-state index contributed by atoms with van der Waals surface area (Å²) in [6.07, 6.45) is 5.48. The molecule has 1 saturated heterocycles. The number of nitrogens with zero attached hydrogens (tertiary/aromatic N) is 5. The molecule has 2 aliphatic carbocycles. The highest BCUT2D eigenvalue weighted by atomic mass is 32.2. The van der Waals surface area contributed by atoms with Crippen molar-refractivity contribution < 1.29 is 4.79 Å². The standard InChI is InChI=1S/C27H33N5OS2/c1-19(23-17-20-9-10-21(23)16-20)32-26(24-8-5-15-34-24)28-29-27(32)35-18-25(33)31-13-11-30(12-14-31)22-6-3-2-4-7-22/h2-8,15,19-21,23H,9-14,16-18H2,1H3/t19-,20+,21+,23-/m0/s1. The van der Waals surface area contributed by atoms with Crippen LogP contribution in [0.2, 0.25) is 0 Å². The molecule has 184 valence electrons. The number of anilines is 1. The highest BCUT2D eigenvalue weighted by Crippen LogP contribution is 2.53. The second kappa shape index (κ2) is 9.97. The first-order chi connectivity index (χ1) is 17.2. The molecule has 3 fully saturated rings. The molecular weight excluding hydrogens is 474 g/mol. The maximum atomic E-state index is 13.1. The molecule has 8 heteroatoms. The van der Waals surface area contributed by atoms with Crippen LogP contribution in [0.15, 0.2) is 53.0 Å². The summed E-state index contributed by atoms with van der Waals surface area (Å²) in [5.41, 5.74) is 1.23. The largest absolute Gasteiger partial charge is 0.368 e. The van der Waals surface area contributed by atoms with Crippen molar-refractivity contribution in [3.05, 3.63) is 47.8 Å². The van der Waals surface area contributed by atoms with E-state index in [2.05, 4.69) is 68.4 Å². The fourth-order valence-corrected chi connectivity index (χ4v) is 8.09. The van der Waals surface area contributed by atoms with E-state index in [1.807, 2.05) is 11.0 Å². The minimum absolute atomic E-state index is 0.197. The van der Waals surface area contributed by atoms with Crippen LogP contribution in [0.4, 0.5) is 5.69 Å². The van der Waals surface area contributed by atoms with Crippen molar-refractivity contribution in [3.8, 4) is 10.7 Å². The third-order valence-electron chi connectivity index (χ3n) is 8.30. The lowest BCUT2D eigenvalue weighted by Gasteiger charge is -2.36. The number of thiophene rings is 1. The van der Waals surface area contributed by atoms with Crippen LogP contribution in [0.1, 0.15) is 38.6 Å². The van der Waals surface area contributed by atoms with Gasteiger partial charge in [0.1, 0.15) is 0 Å². The lowest BCUT2D eigenvalue weighted by atomic mass is 9.84. The number of amides is 1. The average Bonchev–Trinajstić information content (AvgIpc) is 3.72. The topological polar surface area (TPSA) is 54.3 Å². The molecule has 3 aliphatic rings. The predicted octanol–water partition coefficient (Wildman–Crippen LogP) is 5.44. The van der Waals surface area contributed by atoms with Crippen LogP contribution in [0, 0.1) is 17.8 Å². The van der Waals surface area contributed by atoms with Crippen LogP contribution in [0.3, 0.4) is 0 Å². The summed E-state index contributed by atoms with van der Waals surface area (Å²) in [5.74, 6) is 3.99. The summed E-state index contributed by atoms with van der Waals surface area (Å²) >= 11 is 3.27. The Kier molecular flexibility index (Phi) is 6.58. The molecule has 0 N–H and O–H groups in total. The Labute approximate surface area is 215 Å². The van der Waals surface area contributed by atoms with Crippen LogP contribution < -0.4 is 4.90 Å². The van der Waals surface area contributed by atoms with Crippen molar-refractivity contribution in [2.45, 2.75) is 43.8 Å². The molecule has 0 radical (unpaired) electrons. The zero-order valence-corrected chi connectivity index (χ0v) is 21.9. The molecule has 3 aromatic rings. The fraction of sp³-hybridized carbons (Fsp3) is 0.519. The van der Waals surface area contributed by atoms with Crippen molar-refractivity contribution >= 4 is 34.7 Å². The number of benzene rings is 1. The Morgan fingerprint density at radius 3 is 2.57 bits per heavy atom. The molecule has 1 amide bonds. The van der Waals surface area contributed by atoms with Gasteiger partial charge in [0.05, 0.1) is 10.6 Å². The van der Waals surface area contributed by atoms with E-state index >= 15 is 0 Å². The Bertz CT molecular complexity index is 1140. The zero-order chi connectivity index (χ0) is 23.8. The van der Waals surface area contributed by atoms with Gasteiger partial charge in [0.15, 0.2) is 11.0 Å². The summed E-state index contributed by atoms with van der Waals surface area (Å²) in [7, 11) is 0. The van der Waals surface area contributed by atoms with Gasteiger partial charge in [-0.1, -0.05) is 42.4 Å². The van der Waals surface area contributed by atoms with Gasteiger partial charge in [-0.2, -0.15) is 0 Å². The van der Waals surface area contributed by atoms with E-state index in [4.69, 9.17) is 0 Å². The fourth-order valence-electron chi connectivity index (χ4n) is 6.46. The Morgan fingerprint density at radius 2 is 1.89 bits per heavy atom. The van der Waals surface area contributed by atoms with Gasteiger partial charge in [0.2, 0.25) is 5.91 Å². The van der Waals surface area contributed by atoms with Crippen molar-refractivity contribution in [2.75, 3.05) is 36.8 Å². The normalized spacial score (nSPS) is 24.8. The van der Waals surface area contributed by atoms with Crippen LogP contribution in [0.25, 0.3) is 10.7 Å². The number of piperazine rings is 1. The van der Waals surface area contributed by atoms with Gasteiger partial charge in [-0.15, -0.1) is 21.5 Å². The number of aromatic nitrogens is 3. The molecule has 0 unspecified atom stereocenters. The van der Waals surface area contributed by atoms with Crippen molar-refractivity contribution in [2.24, 2.45) is 17.8 Å². The second-order valence-electron chi connectivity index (χ2n) is 10.2. The predicted molar refractivity (Wildman–Crippen MR) is 143 cm³/mol. The summed E-state index contributed by atoms with van der Waals surface area (Å²) in [6.45, 7) is 5.63. The first-order valence-electron chi connectivity index (χ1n) is 12.9. The minimum atomic E-state index is 0.197. The molecule has 0 spiro atoms. The maximum Gasteiger partial charge on any atom is 0.233 e. The number of rotatable bonds is 7. The zero-order valence-electron chi connectivity index (χ0n) is 20.3. The molecule has 1 aromatic carbocycles. The molecule has 2 saturated carbocycles. The maximum absolute atomic E-state index is 13.1. The lowest BCUT2D eigenvalue weighted by molar-refractivity contribution is -0.128. The lowest BCUT2D eigenvalue weighted by Crippen LogP contribution is -2.49. The number of hydrogen-bond donors (Lipinski definition) is 0. The van der Waals surface area contributed by atoms with E-state index in [9.17, 15) is 4.79 Å². The van der Waals surface area contributed by atoms with Gasteiger partial charge in [0, 0.05) is 37.9 Å². The smallest absolute Gasteiger partial charge is 0.233 e. The molecule has 35 heavy (non-hydrogen) atoms. The molecule has 6 nitrogen and oxygen atoms in total. The number of para-hydroxylation sites is 1. The quantitative estimate of drug-likeness (QED) is 0.398. The average molecular weight is 508 g/mol. The Balaban J connectivity index is 1.14. The Hall–Kier alpha value is -2.32. The number of thioether (sulfide) groups is 1. The monoisotopic (exact) mass is 507 g/mol. The van der Waals surface area contributed by atoms with Gasteiger partial charge in [-0.3, -0.25) is 9.36 Å².